The van der Waals surface area contributed by atoms with Crippen molar-refractivity contribution in [2.75, 3.05) is 11.1 Å². The largest absolute Gasteiger partial charge is 0.301 e. The number of carbonyl (C=O) groups excluding carboxylic acids is 1. The number of nitrogens with one attached hydrogen (secondary N) is 1. The quantitative estimate of drug-likeness (QED) is 0.523. The minimum atomic E-state index is -0.300. The van der Waals surface area contributed by atoms with Crippen LogP contribution in [0.3, 0.4) is 0 Å². The maximum atomic E-state index is 12.9. The molecule has 1 heterocycles. The molecule has 0 saturated carbocycles. The van der Waals surface area contributed by atoms with Gasteiger partial charge in [-0.15, -0.1) is 23.1 Å². The first-order valence-corrected chi connectivity index (χ1v) is 9.72. The van der Waals surface area contributed by atoms with Gasteiger partial charge < -0.3 is 5.32 Å². The summed E-state index contributed by atoms with van der Waals surface area (Å²) in [6.07, 6.45) is 0. The SMILES string of the molecule is O=C(CSc1ccc(F)cc1)Nc1nc(-c2ccc(Cl)c(Cl)c2)cs1. The summed E-state index contributed by atoms with van der Waals surface area (Å²) < 4.78 is 12.9. The van der Waals surface area contributed by atoms with Gasteiger partial charge in [-0.05, 0) is 36.4 Å². The number of hydrogen-bond donors (Lipinski definition) is 1. The van der Waals surface area contributed by atoms with Gasteiger partial charge in [-0.1, -0.05) is 29.3 Å². The maximum Gasteiger partial charge on any atom is 0.236 e. The Morgan fingerprint density at radius 3 is 2.64 bits per heavy atom. The Kier molecular flexibility index (Phi) is 5.96. The molecule has 0 aliphatic rings. The van der Waals surface area contributed by atoms with Crippen LogP contribution < -0.4 is 5.32 Å². The van der Waals surface area contributed by atoms with Gasteiger partial charge in [-0.3, -0.25) is 4.79 Å². The number of nitrogens with zero attached hydrogens (tertiary/aromatic N) is 1. The molecule has 0 spiro atoms. The zero-order chi connectivity index (χ0) is 17.8. The van der Waals surface area contributed by atoms with E-state index in [1.165, 1.54) is 35.2 Å². The molecule has 0 saturated heterocycles. The maximum absolute atomic E-state index is 12.9. The van der Waals surface area contributed by atoms with Gasteiger partial charge >= 0.3 is 0 Å². The van der Waals surface area contributed by atoms with Crippen LogP contribution in [-0.2, 0) is 4.79 Å². The third-order valence-electron chi connectivity index (χ3n) is 3.15. The van der Waals surface area contributed by atoms with Gasteiger partial charge in [-0.25, -0.2) is 9.37 Å². The molecule has 0 aliphatic carbocycles. The highest BCUT2D eigenvalue weighted by Crippen LogP contribution is 2.30. The van der Waals surface area contributed by atoms with Crippen LogP contribution >= 0.6 is 46.3 Å². The second-order valence-corrected chi connectivity index (χ2v) is 7.68. The van der Waals surface area contributed by atoms with Crippen molar-refractivity contribution in [1.29, 1.82) is 0 Å². The summed E-state index contributed by atoms with van der Waals surface area (Å²) in [5, 5.41) is 6.03. The number of amides is 1. The van der Waals surface area contributed by atoms with Gasteiger partial charge in [0.15, 0.2) is 5.13 Å². The monoisotopic (exact) mass is 412 g/mol. The number of rotatable bonds is 5. The smallest absolute Gasteiger partial charge is 0.236 e. The van der Waals surface area contributed by atoms with E-state index in [2.05, 4.69) is 10.3 Å². The predicted molar refractivity (Wildman–Crippen MR) is 103 cm³/mol. The minimum Gasteiger partial charge on any atom is -0.301 e. The fourth-order valence-corrected chi connectivity index (χ4v) is 3.69. The average molecular weight is 413 g/mol. The van der Waals surface area contributed by atoms with Crippen molar-refractivity contribution in [3.63, 3.8) is 0 Å². The van der Waals surface area contributed by atoms with Crippen LogP contribution in [0, 0.1) is 5.82 Å². The van der Waals surface area contributed by atoms with Crippen LogP contribution in [0.15, 0.2) is 52.7 Å². The molecule has 0 fully saturated rings. The van der Waals surface area contributed by atoms with E-state index in [9.17, 15) is 9.18 Å². The normalized spacial score (nSPS) is 10.7. The molecule has 0 aliphatic heterocycles. The first-order chi connectivity index (χ1) is 12.0. The molecule has 0 unspecified atom stereocenters. The summed E-state index contributed by atoms with van der Waals surface area (Å²) in [6, 6.07) is 11.3. The number of benzene rings is 2. The lowest BCUT2D eigenvalue weighted by Crippen LogP contribution is -2.13. The average Bonchev–Trinajstić information content (AvgIpc) is 3.05. The van der Waals surface area contributed by atoms with Crippen molar-refractivity contribution < 1.29 is 9.18 Å². The molecule has 0 radical (unpaired) electrons. The highest BCUT2D eigenvalue weighted by Gasteiger charge is 2.10. The second kappa shape index (κ2) is 8.19. The van der Waals surface area contributed by atoms with E-state index in [1.54, 1.807) is 24.3 Å². The summed E-state index contributed by atoms with van der Waals surface area (Å²) in [5.41, 5.74) is 1.54. The summed E-state index contributed by atoms with van der Waals surface area (Å²) >= 11 is 14.6. The van der Waals surface area contributed by atoms with E-state index in [0.717, 1.165) is 10.5 Å². The van der Waals surface area contributed by atoms with Crippen molar-refractivity contribution >= 4 is 57.3 Å². The molecule has 0 bridgehead atoms. The summed E-state index contributed by atoms with van der Waals surface area (Å²) in [6.45, 7) is 0. The fourth-order valence-electron chi connectivity index (χ4n) is 1.95. The molecule has 0 atom stereocenters. The van der Waals surface area contributed by atoms with E-state index in [1.807, 2.05) is 11.4 Å². The molecule has 25 heavy (non-hydrogen) atoms. The van der Waals surface area contributed by atoms with Crippen LogP contribution in [0.25, 0.3) is 11.3 Å². The van der Waals surface area contributed by atoms with Crippen molar-refractivity contribution in [3.8, 4) is 11.3 Å². The molecular formula is C17H11Cl2FN2OS2. The van der Waals surface area contributed by atoms with Crippen molar-refractivity contribution in [1.82, 2.24) is 4.98 Å². The highest BCUT2D eigenvalue weighted by molar-refractivity contribution is 8.00. The lowest BCUT2D eigenvalue weighted by atomic mass is 10.2. The van der Waals surface area contributed by atoms with Gasteiger partial charge in [0.25, 0.3) is 0 Å². The fraction of sp³-hybridized carbons (Fsp3) is 0.0588. The van der Waals surface area contributed by atoms with Crippen molar-refractivity contribution in [2.24, 2.45) is 0 Å². The molecule has 1 amide bonds. The Morgan fingerprint density at radius 1 is 1.16 bits per heavy atom. The second-order valence-electron chi connectivity index (χ2n) is 4.96. The van der Waals surface area contributed by atoms with Crippen LogP contribution in [0.5, 0.6) is 0 Å². The Labute approximate surface area is 162 Å². The van der Waals surface area contributed by atoms with Crippen LogP contribution in [0.2, 0.25) is 10.0 Å². The number of aromatic nitrogens is 1. The summed E-state index contributed by atoms with van der Waals surface area (Å²) in [7, 11) is 0. The standard InChI is InChI=1S/C17H11Cl2FN2OS2/c18-13-6-1-10(7-14(13)19)15-8-25-17(21-15)22-16(23)9-24-12-4-2-11(20)3-5-12/h1-8H,9H2,(H,21,22,23). The van der Waals surface area contributed by atoms with Gasteiger partial charge in [0.1, 0.15) is 5.82 Å². The van der Waals surface area contributed by atoms with Crippen molar-refractivity contribution in [2.45, 2.75) is 4.90 Å². The molecule has 1 aromatic heterocycles. The topological polar surface area (TPSA) is 42.0 Å². The third kappa shape index (κ3) is 4.95. The zero-order valence-electron chi connectivity index (χ0n) is 12.6. The van der Waals surface area contributed by atoms with Crippen LogP contribution in [0.4, 0.5) is 9.52 Å². The molecule has 3 nitrogen and oxygen atoms in total. The van der Waals surface area contributed by atoms with E-state index in [4.69, 9.17) is 23.2 Å². The first kappa shape index (κ1) is 18.2. The molecule has 3 rings (SSSR count). The highest BCUT2D eigenvalue weighted by atomic mass is 35.5. The van der Waals surface area contributed by atoms with Gasteiger partial charge in [0, 0.05) is 15.8 Å². The molecule has 128 valence electrons. The Hall–Kier alpha value is -1.60. The number of anilines is 1. The first-order valence-electron chi connectivity index (χ1n) is 7.10. The van der Waals surface area contributed by atoms with Crippen molar-refractivity contribution in [3.05, 3.63) is 63.7 Å². The third-order valence-corrected chi connectivity index (χ3v) is 5.66. The van der Waals surface area contributed by atoms with Gasteiger partial charge in [0.05, 0.1) is 21.5 Å². The number of halogens is 3. The number of thioether (sulfide) groups is 1. The predicted octanol–water partition coefficient (Wildman–Crippen LogP) is 5.99. The van der Waals surface area contributed by atoms with Crippen LogP contribution in [0.1, 0.15) is 0 Å². The van der Waals surface area contributed by atoms with E-state index < -0.39 is 0 Å². The number of thiazole rings is 1. The summed E-state index contributed by atoms with van der Waals surface area (Å²) in [4.78, 5) is 17.2. The number of carbonyl (C=O) groups is 1. The van der Waals surface area contributed by atoms with E-state index in [0.29, 0.717) is 20.9 Å². The Bertz CT molecular complexity index is 900. The number of hydrogen-bond acceptors (Lipinski definition) is 4. The Balaban J connectivity index is 1.59. The lowest BCUT2D eigenvalue weighted by molar-refractivity contribution is -0.113. The summed E-state index contributed by atoms with van der Waals surface area (Å²) in [5.74, 6) is -0.261. The Morgan fingerprint density at radius 2 is 1.92 bits per heavy atom. The van der Waals surface area contributed by atoms with Crippen LogP contribution in [-0.4, -0.2) is 16.6 Å². The molecule has 8 heteroatoms. The zero-order valence-corrected chi connectivity index (χ0v) is 15.8. The molecular weight excluding hydrogens is 402 g/mol. The van der Waals surface area contributed by atoms with Gasteiger partial charge in [0.2, 0.25) is 5.91 Å². The van der Waals surface area contributed by atoms with Gasteiger partial charge in [-0.2, -0.15) is 0 Å². The van der Waals surface area contributed by atoms with E-state index in [-0.39, 0.29) is 17.5 Å². The van der Waals surface area contributed by atoms with E-state index >= 15 is 0 Å². The molecule has 3 aromatic rings. The lowest BCUT2D eigenvalue weighted by Gasteiger charge is -2.02. The minimum absolute atomic E-state index is 0.177. The molecule has 2 aromatic carbocycles. The molecule has 1 N–H and O–H groups in total.